The smallest absolute Gasteiger partial charge is 0.231 e. The zero-order valence-electron chi connectivity index (χ0n) is 14.2. The van der Waals surface area contributed by atoms with Crippen molar-refractivity contribution in [3.63, 3.8) is 0 Å². The number of rotatable bonds is 8. The van der Waals surface area contributed by atoms with Gasteiger partial charge in [0.05, 0.1) is 6.10 Å². The third-order valence-electron chi connectivity index (χ3n) is 4.63. The highest BCUT2D eigenvalue weighted by Gasteiger charge is 2.14. The second kappa shape index (κ2) is 8.92. The van der Waals surface area contributed by atoms with Gasteiger partial charge in [-0.25, -0.2) is 0 Å². The summed E-state index contributed by atoms with van der Waals surface area (Å²) in [5, 5.41) is 2.97. The summed E-state index contributed by atoms with van der Waals surface area (Å²) in [6.07, 6.45) is 8.85. The molecule has 0 aromatic heterocycles. The zero-order valence-corrected chi connectivity index (χ0v) is 14.2. The average Bonchev–Trinajstić information content (AvgIpc) is 3.08. The Morgan fingerprint density at radius 1 is 1.17 bits per heavy atom. The maximum Gasteiger partial charge on any atom is 0.231 e. The first-order valence-electron chi connectivity index (χ1n) is 9.08. The molecule has 1 aromatic carbocycles. The number of fused-ring (bicyclic) bond motifs is 1. The molecule has 0 spiro atoms. The number of benzene rings is 1. The molecule has 24 heavy (non-hydrogen) atoms. The van der Waals surface area contributed by atoms with Crippen molar-refractivity contribution in [1.29, 1.82) is 0 Å². The van der Waals surface area contributed by atoms with Crippen LogP contribution in [0.3, 0.4) is 0 Å². The molecule has 0 unspecified atom stereocenters. The van der Waals surface area contributed by atoms with Crippen LogP contribution in [0, 0.1) is 0 Å². The van der Waals surface area contributed by atoms with Crippen LogP contribution in [0.4, 0.5) is 0 Å². The summed E-state index contributed by atoms with van der Waals surface area (Å²) in [5.74, 6) is 1.64. The van der Waals surface area contributed by atoms with Crippen molar-refractivity contribution in [1.82, 2.24) is 5.32 Å². The molecular weight excluding hydrogens is 306 g/mol. The van der Waals surface area contributed by atoms with Crippen LogP contribution in [0.25, 0.3) is 0 Å². The van der Waals surface area contributed by atoms with E-state index in [4.69, 9.17) is 14.2 Å². The minimum Gasteiger partial charge on any atom is -0.454 e. The molecule has 1 aromatic rings. The standard InChI is InChI=1S/C19H27NO4/c21-19(20-11-4-12-22-16-5-2-1-3-6-16)10-8-15-7-9-17-18(13-15)24-14-23-17/h7,9,13,16H,1-6,8,10-12,14H2,(H,20,21). The van der Waals surface area contributed by atoms with E-state index in [0.717, 1.165) is 30.1 Å². The number of amides is 1. The number of ether oxygens (including phenoxy) is 3. The summed E-state index contributed by atoms with van der Waals surface area (Å²) in [4.78, 5) is 11.9. The minimum absolute atomic E-state index is 0.0883. The Morgan fingerprint density at radius 2 is 2.00 bits per heavy atom. The lowest BCUT2D eigenvalue weighted by Crippen LogP contribution is -2.26. The second-order valence-electron chi connectivity index (χ2n) is 6.52. The maximum absolute atomic E-state index is 11.9. The van der Waals surface area contributed by atoms with E-state index in [1.165, 1.54) is 32.1 Å². The molecule has 5 heteroatoms. The quantitative estimate of drug-likeness (QED) is 0.742. The predicted molar refractivity (Wildman–Crippen MR) is 91.3 cm³/mol. The van der Waals surface area contributed by atoms with Gasteiger partial charge in [0.25, 0.3) is 0 Å². The summed E-state index contributed by atoms with van der Waals surface area (Å²) in [6, 6.07) is 5.84. The van der Waals surface area contributed by atoms with Crippen molar-refractivity contribution in [3.8, 4) is 11.5 Å². The molecule has 3 rings (SSSR count). The molecule has 1 N–H and O–H groups in total. The van der Waals surface area contributed by atoms with Gasteiger partial charge in [0.1, 0.15) is 0 Å². The largest absolute Gasteiger partial charge is 0.454 e. The van der Waals surface area contributed by atoms with E-state index in [1.807, 2.05) is 18.2 Å². The summed E-state index contributed by atoms with van der Waals surface area (Å²) < 4.78 is 16.5. The normalized spacial score (nSPS) is 17.0. The van der Waals surface area contributed by atoms with E-state index in [1.54, 1.807) is 0 Å². The number of carbonyl (C=O) groups excluding carboxylic acids is 1. The molecule has 0 saturated heterocycles. The molecule has 1 amide bonds. The topological polar surface area (TPSA) is 56.8 Å². The molecule has 0 radical (unpaired) electrons. The highest BCUT2D eigenvalue weighted by atomic mass is 16.7. The number of nitrogens with one attached hydrogen (secondary N) is 1. The van der Waals surface area contributed by atoms with E-state index in [0.29, 0.717) is 25.5 Å². The first-order valence-corrected chi connectivity index (χ1v) is 9.08. The van der Waals surface area contributed by atoms with Gasteiger partial charge in [0, 0.05) is 19.6 Å². The van der Waals surface area contributed by atoms with E-state index < -0.39 is 0 Å². The summed E-state index contributed by atoms with van der Waals surface area (Å²) in [7, 11) is 0. The van der Waals surface area contributed by atoms with Crippen LogP contribution in [0.5, 0.6) is 11.5 Å². The van der Waals surface area contributed by atoms with Crippen LogP contribution in [-0.2, 0) is 16.0 Å². The lowest BCUT2D eigenvalue weighted by molar-refractivity contribution is -0.121. The number of carbonyl (C=O) groups is 1. The molecule has 1 aliphatic heterocycles. The van der Waals surface area contributed by atoms with Gasteiger partial charge in [-0.3, -0.25) is 4.79 Å². The second-order valence-corrected chi connectivity index (χ2v) is 6.52. The van der Waals surface area contributed by atoms with Crippen LogP contribution in [0.2, 0.25) is 0 Å². The van der Waals surface area contributed by atoms with E-state index in [-0.39, 0.29) is 12.7 Å². The molecule has 1 aliphatic carbocycles. The fraction of sp³-hybridized carbons (Fsp3) is 0.632. The van der Waals surface area contributed by atoms with Crippen molar-refractivity contribution < 1.29 is 19.0 Å². The molecule has 2 aliphatic rings. The van der Waals surface area contributed by atoms with Gasteiger partial charge in [-0.2, -0.15) is 0 Å². The Kier molecular flexibility index (Phi) is 6.35. The van der Waals surface area contributed by atoms with Gasteiger partial charge in [-0.1, -0.05) is 25.3 Å². The van der Waals surface area contributed by atoms with Crippen LogP contribution < -0.4 is 14.8 Å². The van der Waals surface area contributed by atoms with Crippen LogP contribution in [0.15, 0.2) is 18.2 Å². The monoisotopic (exact) mass is 333 g/mol. The molecule has 1 saturated carbocycles. The van der Waals surface area contributed by atoms with Gasteiger partial charge in [0.2, 0.25) is 12.7 Å². The minimum atomic E-state index is 0.0883. The third kappa shape index (κ3) is 5.13. The number of aryl methyl sites for hydroxylation is 1. The zero-order chi connectivity index (χ0) is 16.6. The van der Waals surface area contributed by atoms with Crippen molar-refractivity contribution in [2.75, 3.05) is 19.9 Å². The first-order chi connectivity index (χ1) is 11.8. The predicted octanol–water partition coefficient (Wildman–Crippen LogP) is 3.20. The molecule has 1 heterocycles. The summed E-state index contributed by atoms with van der Waals surface area (Å²) in [6.45, 7) is 1.71. The molecule has 0 atom stereocenters. The Labute approximate surface area is 143 Å². The SMILES string of the molecule is O=C(CCc1ccc2c(c1)OCO2)NCCCOC1CCCCC1. The van der Waals surface area contributed by atoms with Gasteiger partial charge in [0.15, 0.2) is 11.5 Å². The lowest BCUT2D eigenvalue weighted by Gasteiger charge is -2.21. The van der Waals surface area contributed by atoms with Crippen LogP contribution in [-0.4, -0.2) is 32.0 Å². The van der Waals surface area contributed by atoms with Crippen molar-refractivity contribution in [2.45, 2.75) is 57.5 Å². The Bertz CT molecular complexity index is 540. The fourth-order valence-corrected chi connectivity index (χ4v) is 3.22. The number of hydrogen-bond acceptors (Lipinski definition) is 4. The molecule has 1 fully saturated rings. The van der Waals surface area contributed by atoms with Crippen LogP contribution in [0.1, 0.15) is 50.5 Å². The highest BCUT2D eigenvalue weighted by Crippen LogP contribution is 2.32. The Morgan fingerprint density at radius 3 is 2.88 bits per heavy atom. The van der Waals surface area contributed by atoms with Gasteiger partial charge in [-0.05, 0) is 43.4 Å². The van der Waals surface area contributed by atoms with E-state index in [2.05, 4.69) is 5.32 Å². The fourth-order valence-electron chi connectivity index (χ4n) is 3.22. The van der Waals surface area contributed by atoms with E-state index in [9.17, 15) is 4.79 Å². The maximum atomic E-state index is 11.9. The Hall–Kier alpha value is -1.75. The highest BCUT2D eigenvalue weighted by molar-refractivity contribution is 5.76. The molecular formula is C19H27NO4. The summed E-state index contributed by atoms with van der Waals surface area (Å²) >= 11 is 0. The van der Waals surface area contributed by atoms with Gasteiger partial charge < -0.3 is 19.5 Å². The van der Waals surface area contributed by atoms with Gasteiger partial charge >= 0.3 is 0 Å². The molecule has 0 bridgehead atoms. The molecule has 132 valence electrons. The Balaban J connectivity index is 1.26. The van der Waals surface area contributed by atoms with Crippen molar-refractivity contribution in [2.24, 2.45) is 0 Å². The van der Waals surface area contributed by atoms with Crippen molar-refractivity contribution in [3.05, 3.63) is 23.8 Å². The lowest BCUT2D eigenvalue weighted by atomic mass is 9.98. The van der Waals surface area contributed by atoms with Gasteiger partial charge in [-0.15, -0.1) is 0 Å². The first kappa shape index (κ1) is 17.1. The van der Waals surface area contributed by atoms with Crippen LogP contribution >= 0.6 is 0 Å². The summed E-state index contributed by atoms with van der Waals surface area (Å²) in [5.41, 5.74) is 1.09. The average molecular weight is 333 g/mol. The van der Waals surface area contributed by atoms with E-state index >= 15 is 0 Å². The number of hydrogen-bond donors (Lipinski definition) is 1. The third-order valence-corrected chi connectivity index (χ3v) is 4.63. The molecule has 5 nitrogen and oxygen atoms in total. The van der Waals surface area contributed by atoms with Crippen molar-refractivity contribution >= 4 is 5.91 Å².